The molecule has 70 valence electrons. The minimum absolute atomic E-state index is 0.664. The van der Waals surface area contributed by atoms with Gasteiger partial charge in [-0.15, -0.1) is 0 Å². The summed E-state index contributed by atoms with van der Waals surface area (Å²) < 4.78 is 0. The number of rotatable bonds is 2. The van der Waals surface area contributed by atoms with Gasteiger partial charge in [0.05, 0.1) is 17.6 Å². The summed E-state index contributed by atoms with van der Waals surface area (Å²) >= 11 is 0. The van der Waals surface area contributed by atoms with Crippen LogP contribution in [0.3, 0.4) is 0 Å². The van der Waals surface area contributed by atoms with Crippen LogP contribution in [0.2, 0.25) is 0 Å². The van der Waals surface area contributed by atoms with Gasteiger partial charge in [-0.3, -0.25) is 5.10 Å². The van der Waals surface area contributed by atoms with Crippen molar-refractivity contribution in [3.8, 4) is 0 Å². The first-order chi connectivity index (χ1) is 6.86. The number of hydrogen-bond acceptors (Lipinski definition) is 2. The second-order valence-electron chi connectivity index (χ2n) is 2.98. The molecule has 3 nitrogen and oxygen atoms in total. The maximum absolute atomic E-state index is 5.66. The van der Waals surface area contributed by atoms with Gasteiger partial charge in [0, 0.05) is 0 Å². The van der Waals surface area contributed by atoms with E-state index in [9.17, 15) is 0 Å². The van der Waals surface area contributed by atoms with E-state index in [1.165, 1.54) is 0 Å². The number of nitrogens with two attached hydrogens (primary N) is 1. The molecule has 1 heterocycles. The molecule has 3 heteroatoms. The van der Waals surface area contributed by atoms with E-state index >= 15 is 0 Å². The summed E-state index contributed by atoms with van der Waals surface area (Å²) in [6.07, 6.45) is 5.51. The number of nitrogens with zero attached hydrogens (tertiary/aromatic N) is 1. The van der Waals surface area contributed by atoms with Crippen LogP contribution in [0.25, 0.3) is 12.2 Å². The van der Waals surface area contributed by atoms with Crippen LogP contribution in [0, 0.1) is 0 Å². The van der Waals surface area contributed by atoms with Crippen molar-refractivity contribution in [1.82, 2.24) is 10.2 Å². The van der Waals surface area contributed by atoms with Crippen molar-refractivity contribution in [3.05, 3.63) is 47.8 Å². The van der Waals surface area contributed by atoms with Gasteiger partial charge in [0.1, 0.15) is 0 Å². The molecule has 1 aromatic carbocycles. The Morgan fingerprint density at radius 1 is 1.14 bits per heavy atom. The third-order valence-corrected chi connectivity index (χ3v) is 1.94. The lowest BCUT2D eigenvalue weighted by Crippen LogP contribution is -1.83. The highest BCUT2D eigenvalue weighted by Gasteiger charge is 1.94. The fraction of sp³-hybridized carbons (Fsp3) is 0. The Kier molecular flexibility index (Phi) is 2.32. The molecule has 0 amide bonds. The predicted molar refractivity (Wildman–Crippen MR) is 58.4 cm³/mol. The summed E-state index contributed by atoms with van der Waals surface area (Å²) in [5.74, 6) is 0. The molecule has 2 rings (SSSR count). The van der Waals surface area contributed by atoms with Crippen molar-refractivity contribution in [2.45, 2.75) is 0 Å². The molecule has 0 bridgehead atoms. The van der Waals surface area contributed by atoms with E-state index in [1.807, 2.05) is 42.5 Å². The molecule has 0 saturated heterocycles. The number of hydrogen-bond donors (Lipinski definition) is 2. The number of nitrogens with one attached hydrogen (secondary N) is 1. The van der Waals surface area contributed by atoms with Crippen LogP contribution < -0.4 is 5.73 Å². The molecule has 3 N–H and O–H groups in total. The van der Waals surface area contributed by atoms with Crippen LogP contribution in [-0.4, -0.2) is 10.2 Å². The van der Waals surface area contributed by atoms with Crippen molar-refractivity contribution in [3.63, 3.8) is 0 Å². The average Bonchev–Trinajstić information content (AvgIpc) is 2.63. The molecule has 0 saturated carbocycles. The maximum Gasteiger partial charge on any atom is 0.0807 e. The van der Waals surface area contributed by atoms with E-state index in [2.05, 4.69) is 10.2 Å². The lowest BCUT2D eigenvalue weighted by atomic mass is 10.2. The van der Waals surface area contributed by atoms with Crippen LogP contribution in [0.5, 0.6) is 0 Å². The lowest BCUT2D eigenvalue weighted by molar-refractivity contribution is 1.08. The van der Waals surface area contributed by atoms with Crippen LogP contribution in [0.1, 0.15) is 11.3 Å². The summed E-state index contributed by atoms with van der Waals surface area (Å²) in [4.78, 5) is 0. The lowest BCUT2D eigenvalue weighted by Gasteiger charge is -1.91. The molecule has 0 aliphatic carbocycles. The Balaban J connectivity index is 2.20. The molecule has 0 radical (unpaired) electrons. The summed E-state index contributed by atoms with van der Waals surface area (Å²) in [7, 11) is 0. The van der Waals surface area contributed by atoms with E-state index in [0.29, 0.717) is 5.69 Å². The minimum atomic E-state index is 0.664. The largest absolute Gasteiger partial charge is 0.396 e. The van der Waals surface area contributed by atoms with Gasteiger partial charge in [0.15, 0.2) is 0 Å². The molecule has 0 aliphatic heterocycles. The predicted octanol–water partition coefficient (Wildman–Crippen LogP) is 2.16. The first-order valence-electron chi connectivity index (χ1n) is 4.38. The highest BCUT2D eigenvalue weighted by Crippen LogP contribution is 2.10. The van der Waals surface area contributed by atoms with Crippen LogP contribution in [0.15, 0.2) is 36.5 Å². The van der Waals surface area contributed by atoms with Crippen molar-refractivity contribution < 1.29 is 0 Å². The molecule has 2 aromatic rings. The van der Waals surface area contributed by atoms with Gasteiger partial charge < -0.3 is 5.73 Å². The van der Waals surface area contributed by atoms with Gasteiger partial charge in [-0.25, -0.2) is 0 Å². The van der Waals surface area contributed by atoms with E-state index in [4.69, 9.17) is 5.73 Å². The SMILES string of the molecule is Nc1cn[nH]c1/C=C/c1ccccc1. The zero-order valence-electron chi connectivity index (χ0n) is 7.64. The van der Waals surface area contributed by atoms with Crippen molar-refractivity contribution >= 4 is 17.8 Å². The third kappa shape index (κ3) is 1.82. The Labute approximate surface area is 82.3 Å². The Morgan fingerprint density at radius 3 is 2.57 bits per heavy atom. The van der Waals surface area contributed by atoms with E-state index in [1.54, 1.807) is 6.20 Å². The molecular weight excluding hydrogens is 174 g/mol. The summed E-state index contributed by atoms with van der Waals surface area (Å²) in [5, 5.41) is 6.65. The summed E-state index contributed by atoms with van der Waals surface area (Å²) in [5.41, 5.74) is 8.31. The van der Waals surface area contributed by atoms with Crippen molar-refractivity contribution in [1.29, 1.82) is 0 Å². The second kappa shape index (κ2) is 3.79. The van der Waals surface area contributed by atoms with Crippen molar-refractivity contribution in [2.24, 2.45) is 0 Å². The number of benzene rings is 1. The summed E-state index contributed by atoms with van der Waals surface area (Å²) in [6.45, 7) is 0. The summed E-state index contributed by atoms with van der Waals surface area (Å²) in [6, 6.07) is 10.0. The molecule has 0 atom stereocenters. The zero-order valence-corrected chi connectivity index (χ0v) is 7.64. The van der Waals surface area contributed by atoms with Gasteiger partial charge in [-0.05, 0) is 11.6 Å². The number of aromatic amines is 1. The van der Waals surface area contributed by atoms with Crippen LogP contribution >= 0.6 is 0 Å². The highest BCUT2D eigenvalue weighted by atomic mass is 15.1. The molecular formula is C11H11N3. The number of anilines is 1. The van der Waals surface area contributed by atoms with E-state index in [0.717, 1.165) is 11.3 Å². The van der Waals surface area contributed by atoms with Gasteiger partial charge in [-0.2, -0.15) is 5.10 Å². The first kappa shape index (κ1) is 8.56. The average molecular weight is 185 g/mol. The Hall–Kier alpha value is -2.03. The monoisotopic (exact) mass is 185 g/mol. The minimum Gasteiger partial charge on any atom is -0.396 e. The van der Waals surface area contributed by atoms with Gasteiger partial charge in [0.25, 0.3) is 0 Å². The Bertz CT molecular complexity index is 429. The van der Waals surface area contributed by atoms with Crippen molar-refractivity contribution in [2.75, 3.05) is 5.73 Å². The molecule has 1 aromatic heterocycles. The first-order valence-corrected chi connectivity index (χ1v) is 4.38. The van der Waals surface area contributed by atoms with E-state index in [-0.39, 0.29) is 0 Å². The smallest absolute Gasteiger partial charge is 0.0807 e. The molecule has 0 fully saturated rings. The fourth-order valence-electron chi connectivity index (χ4n) is 1.18. The fourth-order valence-corrected chi connectivity index (χ4v) is 1.18. The topological polar surface area (TPSA) is 54.7 Å². The zero-order chi connectivity index (χ0) is 9.80. The van der Waals surface area contributed by atoms with Crippen LogP contribution in [0.4, 0.5) is 5.69 Å². The van der Waals surface area contributed by atoms with Gasteiger partial charge in [0.2, 0.25) is 0 Å². The molecule has 0 aliphatic rings. The molecule has 0 unspecified atom stereocenters. The normalized spacial score (nSPS) is 10.9. The number of H-pyrrole nitrogens is 1. The number of nitrogen functional groups attached to an aromatic ring is 1. The second-order valence-corrected chi connectivity index (χ2v) is 2.98. The standard InChI is InChI=1S/C11H11N3/c12-10-8-13-14-11(10)7-6-9-4-2-1-3-5-9/h1-8H,12H2,(H,13,14)/b7-6+. The van der Waals surface area contributed by atoms with Gasteiger partial charge in [-0.1, -0.05) is 36.4 Å². The Morgan fingerprint density at radius 2 is 1.93 bits per heavy atom. The quantitative estimate of drug-likeness (QED) is 0.753. The number of aromatic nitrogens is 2. The maximum atomic E-state index is 5.66. The van der Waals surface area contributed by atoms with Gasteiger partial charge >= 0.3 is 0 Å². The molecule has 0 spiro atoms. The van der Waals surface area contributed by atoms with E-state index < -0.39 is 0 Å². The third-order valence-electron chi connectivity index (χ3n) is 1.94. The molecule has 14 heavy (non-hydrogen) atoms. The van der Waals surface area contributed by atoms with Crippen LogP contribution in [-0.2, 0) is 0 Å². The highest BCUT2D eigenvalue weighted by molar-refractivity contribution is 5.72.